The van der Waals surface area contributed by atoms with E-state index < -0.39 is 0 Å². The molecule has 0 spiro atoms. The highest BCUT2D eigenvalue weighted by Crippen LogP contribution is 2.39. The molecule has 148 valence electrons. The van der Waals surface area contributed by atoms with E-state index in [9.17, 15) is 0 Å². The van der Waals surface area contributed by atoms with Crippen LogP contribution in [0.3, 0.4) is 0 Å². The fourth-order valence-corrected chi connectivity index (χ4v) is 4.64. The summed E-state index contributed by atoms with van der Waals surface area (Å²) in [6, 6.07) is 41.2. The minimum absolute atomic E-state index is 1.15. The van der Waals surface area contributed by atoms with E-state index in [0.717, 1.165) is 17.1 Å². The lowest BCUT2D eigenvalue weighted by Crippen LogP contribution is -2.09. The van der Waals surface area contributed by atoms with Gasteiger partial charge in [-0.15, -0.1) is 0 Å². The van der Waals surface area contributed by atoms with E-state index in [0.29, 0.717) is 0 Å². The Kier molecular flexibility index (Phi) is 4.03. The average Bonchev–Trinajstić information content (AvgIpc) is 3.12. The first-order valence-corrected chi connectivity index (χ1v) is 10.6. The van der Waals surface area contributed by atoms with Crippen molar-refractivity contribution in [1.29, 1.82) is 0 Å². The lowest BCUT2D eigenvalue weighted by molar-refractivity contribution is 1.01. The normalized spacial score (nSPS) is 11.4. The molecule has 6 rings (SSSR count). The van der Waals surface area contributed by atoms with E-state index in [4.69, 9.17) is 0 Å². The van der Waals surface area contributed by atoms with Crippen LogP contribution in [0.4, 0.5) is 17.1 Å². The van der Waals surface area contributed by atoms with Crippen LogP contribution in [0.25, 0.3) is 32.6 Å². The Hall–Kier alpha value is -4.04. The molecule has 2 heteroatoms. The summed E-state index contributed by atoms with van der Waals surface area (Å²) in [5, 5.41) is 5.06. The Balaban J connectivity index is 1.61. The molecule has 0 amide bonds. The minimum Gasteiger partial charge on any atom is -0.344 e. The fourth-order valence-electron chi connectivity index (χ4n) is 4.64. The molecule has 0 saturated heterocycles. The summed E-state index contributed by atoms with van der Waals surface area (Å²) in [5.74, 6) is 0. The van der Waals surface area contributed by atoms with Crippen LogP contribution in [-0.2, 0) is 7.05 Å². The highest BCUT2D eigenvalue weighted by molar-refractivity contribution is 6.09. The van der Waals surface area contributed by atoms with Gasteiger partial charge in [-0.1, -0.05) is 66.7 Å². The number of aryl methyl sites for hydroxylation is 1. The van der Waals surface area contributed by atoms with Crippen LogP contribution in [0.1, 0.15) is 0 Å². The molecule has 31 heavy (non-hydrogen) atoms. The molecule has 0 atom stereocenters. The van der Waals surface area contributed by atoms with Crippen molar-refractivity contribution < 1.29 is 0 Å². The van der Waals surface area contributed by atoms with Crippen molar-refractivity contribution in [3.05, 3.63) is 115 Å². The first-order chi connectivity index (χ1) is 15.3. The van der Waals surface area contributed by atoms with Crippen molar-refractivity contribution in [2.24, 2.45) is 7.05 Å². The molecular weight excluding hydrogens is 376 g/mol. The predicted octanol–water partition coefficient (Wildman–Crippen LogP) is 7.95. The monoisotopic (exact) mass is 398 g/mol. The van der Waals surface area contributed by atoms with E-state index in [1.807, 2.05) is 0 Å². The van der Waals surface area contributed by atoms with Crippen LogP contribution in [0.5, 0.6) is 0 Å². The molecule has 0 aliphatic carbocycles. The van der Waals surface area contributed by atoms with Crippen molar-refractivity contribution in [2.75, 3.05) is 4.90 Å². The number of hydrogen-bond acceptors (Lipinski definition) is 1. The second-order valence-electron chi connectivity index (χ2n) is 7.98. The van der Waals surface area contributed by atoms with Gasteiger partial charge in [0.05, 0.1) is 0 Å². The highest BCUT2D eigenvalue weighted by atomic mass is 15.1. The maximum Gasteiger partial charge on any atom is 0.0490 e. The molecule has 2 nitrogen and oxygen atoms in total. The molecular formula is C29H22N2. The number of anilines is 3. The molecule has 0 N–H and O–H groups in total. The van der Waals surface area contributed by atoms with Gasteiger partial charge in [0, 0.05) is 45.9 Å². The Labute approximate surface area is 181 Å². The van der Waals surface area contributed by atoms with Crippen LogP contribution in [0.15, 0.2) is 115 Å². The van der Waals surface area contributed by atoms with E-state index in [2.05, 4.69) is 132 Å². The first-order valence-electron chi connectivity index (χ1n) is 10.6. The summed E-state index contributed by atoms with van der Waals surface area (Å²) in [4.78, 5) is 2.34. The highest BCUT2D eigenvalue weighted by Gasteiger charge is 2.15. The summed E-state index contributed by atoms with van der Waals surface area (Å²) in [7, 11) is 2.14. The van der Waals surface area contributed by atoms with Gasteiger partial charge in [0.25, 0.3) is 0 Å². The second-order valence-corrected chi connectivity index (χ2v) is 7.98. The molecule has 6 aromatic rings. The van der Waals surface area contributed by atoms with Crippen LogP contribution >= 0.6 is 0 Å². The van der Waals surface area contributed by atoms with Gasteiger partial charge in [0.2, 0.25) is 0 Å². The van der Waals surface area contributed by atoms with Crippen molar-refractivity contribution in [1.82, 2.24) is 4.57 Å². The van der Waals surface area contributed by atoms with Crippen molar-refractivity contribution in [3.63, 3.8) is 0 Å². The SMILES string of the molecule is Cn1c2ccccc2c2cc(N(c3ccccc3)c3ccc4ccccc4c3)ccc21. The standard InChI is InChI=1S/C29H22N2/c1-30-28-14-8-7-13-26(28)27-20-25(17-18-29(27)30)31(23-11-3-2-4-12-23)24-16-15-21-9-5-6-10-22(21)19-24/h2-20H,1H3. The van der Waals surface area contributed by atoms with Gasteiger partial charge >= 0.3 is 0 Å². The van der Waals surface area contributed by atoms with E-state index in [1.165, 1.54) is 32.6 Å². The smallest absolute Gasteiger partial charge is 0.0490 e. The summed E-state index contributed by atoms with van der Waals surface area (Å²) < 4.78 is 2.28. The van der Waals surface area contributed by atoms with Crippen LogP contribution < -0.4 is 4.90 Å². The number of benzene rings is 5. The molecule has 0 bridgehead atoms. The van der Waals surface area contributed by atoms with Gasteiger partial charge in [-0.05, 0) is 59.3 Å². The van der Waals surface area contributed by atoms with Crippen LogP contribution in [0, 0.1) is 0 Å². The molecule has 0 saturated carbocycles. The lowest BCUT2D eigenvalue weighted by atomic mass is 10.1. The van der Waals surface area contributed by atoms with Crippen LogP contribution in [-0.4, -0.2) is 4.57 Å². The van der Waals surface area contributed by atoms with Gasteiger partial charge in [-0.2, -0.15) is 0 Å². The molecule has 0 fully saturated rings. The quantitative estimate of drug-likeness (QED) is 0.293. The third-order valence-electron chi connectivity index (χ3n) is 6.16. The average molecular weight is 399 g/mol. The predicted molar refractivity (Wildman–Crippen MR) is 133 cm³/mol. The zero-order chi connectivity index (χ0) is 20.8. The van der Waals surface area contributed by atoms with E-state index in [-0.39, 0.29) is 0 Å². The third-order valence-corrected chi connectivity index (χ3v) is 6.16. The molecule has 5 aromatic carbocycles. The molecule has 0 aliphatic rings. The van der Waals surface area contributed by atoms with E-state index >= 15 is 0 Å². The number of aromatic nitrogens is 1. The number of para-hydroxylation sites is 2. The first kappa shape index (κ1) is 17.8. The van der Waals surface area contributed by atoms with Gasteiger partial charge in [0.1, 0.15) is 0 Å². The number of fused-ring (bicyclic) bond motifs is 4. The summed E-state index contributed by atoms with van der Waals surface area (Å²) in [6.45, 7) is 0. The summed E-state index contributed by atoms with van der Waals surface area (Å²) >= 11 is 0. The Bertz CT molecular complexity index is 1540. The number of nitrogens with zero attached hydrogens (tertiary/aromatic N) is 2. The maximum atomic E-state index is 2.34. The maximum absolute atomic E-state index is 2.34. The summed E-state index contributed by atoms with van der Waals surface area (Å²) in [6.07, 6.45) is 0. The fraction of sp³-hybridized carbons (Fsp3) is 0.0345. The van der Waals surface area contributed by atoms with Gasteiger partial charge in [0.15, 0.2) is 0 Å². The molecule has 1 heterocycles. The lowest BCUT2D eigenvalue weighted by Gasteiger charge is -2.26. The number of hydrogen-bond donors (Lipinski definition) is 0. The molecule has 0 aliphatic heterocycles. The van der Waals surface area contributed by atoms with Crippen LogP contribution in [0.2, 0.25) is 0 Å². The van der Waals surface area contributed by atoms with Crippen molar-refractivity contribution in [3.8, 4) is 0 Å². The Morgan fingerprint density at radius 1 is 0.484 bits per heavy atom. The third kappa shape index (κ3) is 2.88. The van der Waals surface area contributed by atoms with Crippen molar-refractivity contribution >= 4 is 49.6 Å². The second kappa shape index (κ2) is 7.03. The van der Waals surface area contributed by atoms with Gasteiger partial charge in [-0.3, -0.25) is 0 Å². The molecule has 0 radical (unpaired) electrons. The topological polar surface area (TPSA) is 8.17 Å². The van der Waals surface area contributed by atoms with Gasteiger partial charge < -0.3 is 9.47 Å². The zero-order valence-corrected chi connectivity index (χ0v) is 17.4. The van der Waals surface area contributed by atoms with Gasteiger partial charge in [-0.25, -0.2) is 0 Å². The molecule has 0 unspecified atom stereocenters. The minimum atomic E-state index is 1.15. The summed E-state index contributed by atoms with van der Waals surface area (Å²) in [5.41, 5.74) is 5.97. The van der Waals surface area contributed by atoms with E-state index in [1.54, 1.807) is 0 Å². The Morgan fingerprint density at radius 3 is 2.00 bits per heavy atom. The largest absolute Gasteiger partial charge is 0.344 e. The number of rotatable bonds is 3. The zero-order valence-electron chi connectivity index (χ0n) is 17.4. The van der Waals surface area contributed by atoms with Crippen molar-refractivity contribution in [2.45, 2.75) is 0 Å². The Morgan fingerprint density at radius 2 is 1.13 bits per heavy atom. The molecule has 1 aromatic heterocycles.